The van der Waals surface area contributed by atoms with E-state index in [1.807, 2.05) is 42.5 Å². The first-order chi connectivity index (χ1) is 12.8. The van der Waals surface area contributed by atoms with E-state index >= 15 is 0 Å². The molecule has 0 aromatic heterocycles. The van der Waals surface area contributed by atoms with Crippen molar-refractivity contribution in [2.45, 2.75) is 6.04 Å². The van der Waals surface area contributed by atoms with Gasteiger partial charge in [0.2, 0.25) is 6.79 Å². The van der Waals surface area contributed by atoms with Crippen LogP contribution in [0.3, 0.4) is 0 Å². The topological polar surface area (TPSA) is 61.2 Å². The molecule has 4 rings (SSSR count). The fourth-order valence-electron chi connectivity index (χ4n) is 3.50. The number of ether oxygens (including phenoxy) is 3. The molecule has 0 saturated carbocycles. The van der Waals surface area contributed by atoms with E-state index in [-0.39, 0.29) is 18.7 Å². The molecule has 0 spiro atoms. The van der Waals surface area contributed by atoms with E-state index in [0.29, 0.717) is 12.1 Å². The molecule has 2 aromatic carbocycles. The van der Waals surface area contributed by atoms with E-state index in [1.54, 1.807) is 0 Å². The summed E-state index contributed by atoms with van der Waals surface area (Å²) in [6, 6.07) is 15.5. The highest BCUT2D eigenvalue weighted by Gasteiger charge is 2.28. The molecule has 6 nitrogen and oxygen atoms in total. The maximum Gasteiger partial charge on any atom is 0.251 e. The standard InChI is InChI=1S/C20H22N2O4/c23-20(15-4-2-1-3-5-15)21-13-17(22-8-10-24-11-9-22)16-6-7-18-19(12-16)26-14-25-18/h1-7,12,17H,8-11,13-14H2,(H,21,23)/p+1/t17-/m1/s1. The van der Waals surface area contributed by atoms with Crippen molar-refractivity contribution in [2.24, 2.45) is 0 Å². The zero-order valence-electron chi connectivity index (χ0n) is 14.6. The molecule has 1 fully saturated rings. The molecule has 2 aliphatic rings. The SMILES string of the molecule is O=C(NC[C@H](c1ccc2c(c1)OCO2)[NH+]1CCOCC1)c1ccccc1. The third-order valence-electron chi connectivity index (χ3n) is 4.93. The summed E-state index contributed by atoms with van der Waals surface area (Å²) in [5.74, 6) is 1.50. The second-order valence-corrected chi connectivity index (χ2v) is 6.51. The van der Waals surface area contributed by atoms with Gasteiger partial charge in [0.05, 0.1) is 19.8 Å². The van der Waals surface area contributed by atoms with Crippen LogP contribution >= 0.6 is 0 Å². The number of carbonyl (C=O) groups excluding carboxylic acids is 1. The van der Waals surface area contributed by atoms with Crippen molar-refractivity contribution in [3.05, 3.63) is 59.7 Å². The van der Waals surface area contributed by atoms with Crippen LogP contribution in [0.4, 0.5) is 0 Å². The quantitative estimate of drug-likeness (QED) is 0.833. The third kappa shape index (κ3) is 3.66. The largest absolute Gasteiger partial charge is 0.454 e. The van der Waals surface area contributed by atoms with Gasteiger partial charge in [-0.2, -0.15) is 0 Å². The summed E-state index contributed by atoms with van der Waals surface area (Å²) in [7, 11) is 0. The Morgan fingerprint density at radius 1 is 1.04 bits per heavy atom. The molecule has 2 aliphatic heterocycles. The number of morpholine rings is 1. The lowest BCUT2D eigenvalue weighted by Gasteiger charge is -2.32. The molecule has 1 amide bonds. The van der Waals surface area contributed by atoms with Gasteiger partial charge in [0.1, 0.15) is 19.1 Å². The number of rotatable bonds is 5. The first kappa shape index (κ1) is 16.9. The molecule has 0 radical (unpaired) electrons. The first-order valence-electron chi connectivity index (χ1n) is 8.96. The average molecular weight is 355 g/mol. The van der Waals surface area contributed by atoms with Crippen LogP contribution < -0.4 is 19.7 Å². The van der Waals surface area contributed by atoms with Crippen LogP contribution in [-0.4, -0.2) is 45.5 Å². The number of hydrogen-bond acceptors (Lipinski definition) is 4. The fraction of sp³-hybridized carbons (Fsp3) is 0.350. The van der Waals surface area contributed by atoms with Crippen molar-refractivity contribution in [2.75, 3.05) is 39.6 Å². The first-order valence-corrected chi connectivity index (χ1v) is 8.96. The van der Waals surface area contributed by atoms with E-state index in [1.165, 1.54) is 4.90 Å². The summed E-state index contributed by atoms with van der Waals surface area (Å²) in [6.07, 6.45) is 0. The summed E-state index contributed by atoms with van der Waals surface area (Å²) < 4.78 is 16.4. The van der Waals surface area contributed by atoms with Crippen LogP contribution in [0.5, 0.6) is 11.5 Å². The highest BCUT2D eigenvalue weighted by Crippen LogP contribution is 2.33. The molecule has 0 aliphatic carbocycles. The van der Waals surface area contributed by atoms with Crippen molar-refractivity contribution in [1.82, 2.24) is 5.32 Å². The van der Waals surface area contributed by atoms with E-state index in [4.69, 9.17) is 14.2 Å². The Morgan fingerprint density at radius 2 is 1.81 bits per heavy atom. The van der Waals surface area contributed by atoms with Gasteiger partial charge in [0, 0.05) is 11.1 Å². The highest BCUT2D eigenvalue weighted by molar-refractivity contribution is 5.94. The van der Waals surface area contributed by atoms with Crippen molar-refractivity contribution in [3.63, 3.8) is 0 Å². The summed E-state index contributed by atoms with van der Waals surface area (Å²) >= 11 is 0. The second kappa shape index (κ2) is 7.76. The summed E-state index contributed by atoms with van der Waals surface area (Å²) in [4.78, 5) is 13.9. The number of carbonyl (C=O) groups is 1. The Hall–Kier alpha value is -2.57. The van der Waals surface area contributed by atoms with Crippen LogP contribution in [0, 0.1) is 0 Å². The minimum Gasteiger partial charge on any atom is -0.454 e. The number of amides is 1. The molecule has 26 heavy (non-hydrogen) atoms. The van der Waals surface area contributed by atoms with Crippen LogP contribution in [0.1, 0.15) is 22.0 Å². The van der Waals surface area contributed by atoms with Crippen LogP contribution in [-0.2, 0) is 4.74 Å². The van der Waals surface area contributed by atoms with Crippen molar-refractivity contribution in [1.29, 1.82) is 0 Å². The molecule has 2 N–H and O–H groups in total. The van der Waals surface area contributed by atoms with Gasteiger partial charge < -0.3 is 24.4 Å². The molecular weight excluding hydrogens is 332 g/mol. The third-order valence-corrected chi connectivity index (χ3v) is 4.93. The lowest BCUT2D eigenvalue weighted by atomic mass is 10.0. The summed E-state index contributed by atoms with van der Waals surface area (Å²) in [5, 5.41) is 3.09. The Labute approximate surface area is 152 Å². The highest BCUT2D eigenvalue weighted by atomic mass is 16.7. The molecule has 1 atom stereocenters. The molecule has 1 saturated heterocycles. The molecule has 136 valence electrons. The normalized spacial score (nSPS) is 17.7. The maximum atomic E-state index is 12.5. The van der Waals surface area contributed by atoms with E-state index in [2.05, 4.69) is 11.4 Å². The van der Waals surface area contributed by atoms with Crippen molar-refractivity contribution < 1.29 is 23.9 Å². The van der Waals surface area contributed by atoms with Crippen molar-refractivity contribution >= 4 is 5.91 Å². The van der Waals surface area contributed by atoms with Gasteiger partial charge in [0.15, 0.2) is 11.5 Å². The minimum atomic E-state index is -0.0518. The Balaban J connectivity index is 1.52. The fourth-order valence-corrected chi connectivity index (χ4v) is 3.50. The second-order valence-electron chi connectivity index (χ2n) is 6.51. The number of quaternary nitrogens is 1. The summed E-state index contributed by atoms with van der Waals surface area (Å²) in [6.45, 7) is 4.13. The number of nitrogens with one attached hydrogen (secondary N) is 2. The molecule has 6 heteroatoms. The van der Waals surface area contributed by atoms with Gasteiger partial charge in [0.25, 0.3) is 5.91 Å². The van der Waals surface area contributed by atoms with E-state index < -0.39 is 0 Å². The number of benzene rings is 2. The zero-order valence-corrected chi connectivity index (χ0v) is 14.6. The lowest BCUT2D eigenvalue weighted by Crippen LogP contribution is -3.15. The smallest absolute Gasteiger partial charge is 0.251 e. The monoisotopic (exact) mass is 355 g/mol. The van der Waals surface area contributed by atoms with Gasteiger partial charge in [-0.05, 0) is 30.3 Å². The van der Waals surface area contributed by atoms with Crippen LogP contribution in [0.2, 0.25) is 0 Å². The lowest BCUT2D eigenvalue weighted by molar-refractivity contribution is -0.937. The predicted octanol–water partition coefficient (Wildman–Crippen LogP) is 0.802. The molecule has 0 bridgehead atoms. The number of fused-ring (bicyclic) bond motifs is 1. The predicted molar refractivity (Wildman–Crippen MR) is 95.6 cm³/mol. The van der Waals surface area contributed by atoms with E-state index in [0.717, 1.165) is 43.4 Å². The average Bonchev–Trinajstić information content (AvgIpc) is 3.17. The Kier molecular flexibility index (Phi) is 5.04. The van der Waals surface area contributed by atoms with Gasteiger partial charge in [-0.25, -0.2) is 0 Å². The van der Waals surface area contributed by atoms with E-state index in [9.17, 15) is 4.79 Å². The molecular formula is C20H23N2O4+. The Bertz CT molecular complexity index is 760. The number of hydrogen-bond donors (Lipinski definition) is 2. The molecule has 2 heterocycles. The zero-order chi connectivity index (χ0) is 17.8. The van der Waals surface area contributed by atoms with Gasteiger partial charge >= 0.3 is 0 Å². The molecule has 0 unspecified atom stereocenters. The van der Waals surface area contributed by atoms with Gasteiger partial charge in [-0.3, -0.25) is 4.79 Å². The molecule has 2 aromatic rings. The van der Waals surface area contributed by atoms with Crippen LogP contribution in [0.15, 0.2) is 48.5 Å². The van der Waals surface area contributed by atoms with Gasteiger partial charge in [-0.1, -0.05) is 18.2 Å². The minimum absolute atomic E-state index is 0.0518. The Morgan fingerprint density at radius 3 is 2.62 bits per heavy atom. The maximum absolute atomic E-state index is 12.5. The van der Waals surface area contributed by atoms with Crippen molar-refractivity contribution in [3.8, 4) is 11.5 Å². The van der Waals surface area contributed by atoms with Crippen LogP contribution in [0.25, 0.3) is 0 Å². The van der Waals surface area contributed by atoms with Gasteiger partial charge in [-0.15, -0.1) is 0 Å². The summed E-state index contributed by atoms with van der Waals surface area (Å²) in [5.41, 5.74) is 1.81.